The predicted molar refractivity (Wildman–Crippen MR) is 54.7 cm³/mol. The van der Waals surface area contributed by atoms with Gasteiger partial charge in [-0.3, -0.25) is 4.90 Å². The maximum Gasteiger partial charge on any atom is 0.146 e. The lowest BCUT2D eigenvalue weighted by Gasteiger charge is -2.30. The smallest absolute Gasteiger partial charge is 0.146 e. The van der Waals surface area contributed by atoms with Crippen LogP contribution in [0.2, 0.25) is 0 Å². The molecule has 0 aromatic carbocycles. The van der Waals surface area contributed by atoms with Crippen molar-refractivity contribution >= 4 is 0 Å². The number of piperidine rings is 1. The SMILES string of the molecule is CC1CCCN(Cc2nncn2C)C1. The Morgan fingerprint density at radius 2 is 2.43 bits per heavy atom. The highest BCUT2D eigenvalue weighted by Crippen LogP contribution is 2.16. The average Bonchev–Trinajstić information content (AvgIpc) is 2.52. The van der Waals surface area contributed by atoms with Gasteiger partial charge in [-0.05, 0) is 25.3 Å². The third-order valence-corrected chi connectivity index (χ3v) is 2.91. The van der Waals surface area contributed by atoms with Gasteiger partial charge in [-0.25, -0.2) is 0 Å². The summed E-state index contributed by atoms with van der Waals surface area (Å²) >= 11 is 0. The van der Waals surface area contributed by atoms with Crippen molar-refractivity contribution in [2.24, 2.45) is 13.0 Å². The van der Waals surface area contributed by atoms with Crippen LogP contribution in [0.1, 0.15) is 25.6 Å². The van der Waals surface area contributed by atoms with E-state index in [9.17, 15) is 0 Å². The molecule has 1 atom stereocenters. The molecule has 1 fully saturated rings. The number of rotatable bonds is 2. The van der Waals surface area contributed by atoms with E-state index in [1.54, 1.807) is 6.33 Å². The van der Waals surface area contributed by atoms with E-state index in [0.717, 1.165) is 18.3 Å². The molecule has 0 spiro atoms. The first kappa shape index (κ1) is 9.65. The summed E-state index contributed by atoms with van der Waals surface area (Å²) in [5, 5.41) is 8.00. The van der Waals surface area contributed by atoms with E-state index in [1.165, 1.54) is 25.9 Å². The van der Waals surface area contributed by atoms with Crippen LogP contribution >= 0.6 is 0 Å². The minimum atomic E-state index is 0.831. The number of aryl methyl sites for hydroxylation is 1. The van der Waals surface area contributed by atoms with Gasteiger partial charge in [0.25, 0.3) is 0 Å². The van der Waals surface area contributed by atoms with Gasteiger partial charge in [0, 0.05) is 13.6 Å². The lowest BCUT2D eigenvalue weighted by Crippen LogP contribution is -2.34. The second kappa shape index (κ2) is 4.09. The van der Waals surface area contributed by atoms with Gasteiger partial charge in [0.2, 0.25) is 0 Å². The number of hydrogen-bond acceptors (Lipinski definition) is 3. The zero-order valence-corrected chi connectivity index (χ0v) is 8.98. The molecule has 0 saturated carbocycles. The fourth-order valence-corrected chi connectivity index (χ4v) is 2.08. The van der Waals surface area contributed by atoms with Crippen LogP contribution in [-0.2, 0) is 13.6 Å². The van der Waals surface area contributed by atoms with Gasteiger partial charge in [0.15, 0.2) is 0 Å². The standard InChI is InChI=1S/C10H18N4/c1-9-4-3-5-14(6-9)7-10-12-11-8-13(10)2/h8-9H,3-7H2,1-2H3. The molecule has 1 saturated heterocycles. The first-order chi connectivity index (χ1) is 6.75. The van der Waals surface area contributed by atoms with Crippen molar-refractivity contribution in [3.05, 3.63) is 12.2 Å². The molecule has 1 aromatic heterocycles. The van der Waals surface area contributed by atoms with Gasteiger partial charge in [0.1, 0.15) is 12.2 Å². The van der Waals surface area contributed by atoms with E-state index in [1.807, 2.05) is 11.6 Å². The summed E-state index contributed by atoms with van der Waals surface area (Å²) in [6.07, 6.45) is 4.46. The third kappa shape index (κ3) is 2.12. The maximum atomic E-state index is 4.11. The minimum absolute atomic E-state index is 0.831. The first-order valence-electron chi connectivity index (χ1n) is 5.31. The summed E-state index contributed by atoms with van der Waals surface area (Å²) in [4.78, 5) is 2.47. The van der Waals surface area contributed by atoms with Crippen molar-refractivity contribution in [1.82, 2.24) is 19.7 Å². The van der Waals surface area contributed by atoms with Crippen molar-refractivity contribution in [2.45, 2.75) is 26.3 Å². The van der Waals surface area contributed by atoms with E-state index < -0.39 is 0 Å². The van der Waals surface area contributed by atoms with Crippen molar-refractivity contribution in [1.29, 1.82) is 0 Å². The molecule has 78 valence electrons. The first-order valence-corrected chi connectivity index (χ1v) is 5.31. The van der Waals surface area contributed by atoms with E-state index in [-0.39, 0.29) is 0 Å². The monoisotopic (exact) mass is 194 g/mol. The Morgan fingerprint density at radius 3 is 3.07 bits per heavy atom. The Labute approximate surface area is 84.9 Å². The molecular formula is C10H18N4. The van der Waals surface area contributed by atoms with Crippen molar-refractivity contribution in [2.75, 3.05) is 13.1 Å². The fourth-order valence-electron chi connectivity index (χ4n) is 2.08. The topological polar surface area (TPSA) is 34.0 Å². The fraction of sp³-hybridized carbons (Fsp3) is 0.800. The number of likely N-dealkylation sites (tertiary alicyclic amines) is 1. The van der Waals surface area contributed by atoms with Crippen molar-refractivity contribution in [3.63, 3.8) is 0 Å². The van der Waals surface area contributed by atoms with E-state index in [4.69, 9.17) is 0 Å². The Balaban J connectivity index is 1.94. The molecule has 0 bridgehead atoms. The molecule has 1 aromatic rings. The van der Waals surface area contributed by atoms with Crippen LogP contribution in [-0.4, -0.2) is 32.8 Å². The van der Waals surface area contributed by atoms with Gasteiger partial charge in [-0.2, -0.15) is 0 Å². The molecule has 2 rings (SSSR count). The second-order valence-electron chi connectivity index (χ2n) is 4.34. The predicted octanol–water partition coefficient (Wildman–Crippen LogP) is 1.05. The van der Waals surface area contributed by atoms with Gasteiger partial charge < -0.3 is 4.57 Å². The van der Waals surface area contributed by atoms with Crippen LogP contribution in [0.25, 0.3) is 0 Å². The van der Waals surface area contributed by atoms with Gasteiger partial charge in [-0.1, -0.05) is 6.92 Å². The Morgan fingerprint density at radius 1 is 1.57 bits per heavy atom. The third-order valence-electron chi connectivity index (χ3n) is 2.91. The number of nitrogens with zero attached hydrogens (tertiary/aromatic N) is 4. The average molecular weight is 194 g/mol. The summed E-state index contributed by atoms with van der Waals surface area (Å²) in [6.45, 7) is 5.67. The van der Waals surface area contributed by atoms with Gasteiger partial charge in [-0.15, -0.1) is 10.2 Å². The van der Waals surface area contributed by atoms with E-state index >= 15 is 0 Å². The summed E-state index contributed by atoms with van der Waals surface area (Å²) in [5.74, 6) is 1.90. The Kier molecular flexibility index (Phi) is 2.82. The van der Waals surface area contributed by atoms with Gasteiger partial charge in [0.05, 0.1) is 6.54 Å². The summed E-state index contributed by atoms with van der Waals surface area (Å²) in [5.41, 5.74) is 0. The van der Waals surface area contributed by atoms with Crippen molar-refractivity contribution in [3.8, 4) is 0 Å². The van der Waals surface area contributed by atoms with E-state index in [0.29, 0.717) is 0 Å². The lowest BCUT2D eigenvalue weighted by atomic mass is 10.0. The highest BCUT2D eigenvalue weighted by molar-refractivity contribution is 4.85. The van der Waals surface area contributed by atoms with Crippen LogP contribution in [0, 0.1) is 5.92 Å². The van der Waals surface area contributed by atoms with Crippen LogP contribution in [0.3, 0.4) is 0 Å². The molecule has 0 N–H and O–H groups in total. The molecule has 1 aliphatic rings. The Hall–Kier alpha value is -0.900. The minimum Gasteiger partial charge on any atom is -0.320 e. The highest BCUT2D eigenvalue weighted by atomic mass is 15.3. The number of hydrogen-bond donors (Lipinski definition) is 0. The van der Waals surface area contributed by atoms with Crippen LogP contribution in [0.15, 0.2) is 6.33 Å². The largest absolute Gasteiger partial charge is 0.320 e. The molecule has 2 heterocycles. The molecule has 0 amide bonds. The van der Waals surface area contributed by atoms with Crippen LogP contribution < -0.4 is 0 Å². The normalized spacial score (nSPS) is 24.0. The summed E-state index contributed by atoms with van der Waals surface area (Å²) in [7, 11) is 2.00. The zero-order chi connectivity index (χ0) is 9.97. The molecular weight excluding hydrogens is 176 g/mol. The molecule has 1 unspecified atom stereocenters. The highest BCUT2D eigenvalue weighted by Gasteiger charge is 2.17. The number of aromatic nitrogens is 3. The molecule has 4 nitrogen and oxygen atoms in total. The molecule has 14 heavy (non-hydrogen) atoms. The van der Waals surface area contributed by atoms with Crippen LogP contribution in [0.5, 0.6) is 0 Å². The molecule has 0 radical (unpaired) electrons. The van der Waals surface area contributed by atoms with E-state index in [2.05, 4.69) is 22.0 Å². The lowest BCUT2D eigenvalue weighted by molar-refractivity contribution is 0.171. The molecule has 4 heteroatoms. The van der Waals surface area contributed by atoms with Crippen molar-refractivity contribution < 1.29 is 0 Å². The van der Waals surface area contributed by atoms with Gasteiger partial charge >= 0.3 is 0 Å². The molecule has 0 aliphatic carbocycles. The zero-order valence-electron chi connectivity index (χ0n) is 8.98. The molecule has 1 aliphatic heterocycles. The summed E-state index contributed by atoms with van der Waals surface area (Å²) in [6, 6.07) is 0. The quantitative estimate of drug-likeness (QED) is 0.705. The maximum absolute atomic E-state index is 4.11. The second-order valence-corrected chi connectivity index (χ2v) is 4.34. The Bertz CT molecular complexity index is 294. The van der Waals surface area contributed by atoms with Crippen LogP contribution in [0.4, 0.5) is 0 Å². The summed E-state index contributed by atoms with van der Waals surface area (Å²) < 4.78 is 2.00.